The van der Waals surface area contributed by atoms with E-state index in [0.29, 0.717) is 25.3 Å². The number of nitrogens with zero attached hydrogens (tertiary/aromatic N) is 3. The zero-order chi connectivity index (χ0) is 16.4. The normalized spacial score (nSPS) is 26.0. The van der Waals surface area contributed by atoms with Crippen LogP contribution in [0.4, 0.5) is 5.82 Å². The van der Waals surface area contributed by atoms with Crippen molar-refractivity contribution >= 4 is 17.7 Å². The van der Waals surface area contributed by atoms with Crippen molar-refractivity contribution in [3.05, 3.63) is 23.9 Å². The number of carbonyl (C=O) groups excluding carboxylic acids is 1. The van der Waals surface area contributed by atoms with E-state index < -0.39 is 5.97 Å². The predicted molar refractivity (Wildman–Crippen MR) is 85.6 cm³/mol. The maximum atomic E-state index is 11.7. The molecule has 2 aliphatic heterocycles. The molecule has 1 amide bonds. The monoisotopic (exact) mass is 318 g/mol. The summed E-state index contributed by atoms with van der Waals surface area (Å²) in [5.41, 5.74) is 0.111. The predicted octanol–water partition coefficient (Wildman–Crippen LogP) is 0.570. The van der Waals surface area contributed by atoms with Gasteiger partial charge in [0.2, 0.25) is 5.91 Å². The van der Waals surface area contributed by atoms with Crippen LogP contribution in [0.25, 0.3) is 0 Å². The number of hydrogen-bond acceptors (Lipinski definition) is 5. The van der Waals surface area contributed by atoms with Crippen molar-refractivity contribution in [2.24, 2.45) is 0 Å². The van der Waals surface area contributed by atoms with Crippen LogP contribution in [0, 0.1) is 0 Å². The molecule has 2 saturated heterocycles. The van der Waals surface area contributed by atoms with E-state index in [1.54, 1.807) is 18.3 Å². The minimum Gasteiger partial charge on any atom is -0.478 e. The molecule has 2 aliphatic rings. The molecule has 1 unspecified atom stereocenters. The van der Waals surface area contributed by atoms with Crippen molar-refractivity contribution in [3.63, 3.8) is 0 Å². The third kappa shape index (κ3) is 3.01. The van der Waals surface area contributed by atoms with Gasteiger partial charge in [-0.25, -0.2) is 9.78 Å². The molecule has 124 valence electrons. The van der Waals surface area contributed by atoms with Crippen molar-refractivity contribution < 1.29 is 14.7 Å². The Balaban J connectivity index is 1.89. The number of anilines is 1. The molecule has 1 atom stereocenters. The molecule has 23 heavy (non-hydrogen) atoms. The van der Waals surface area contributed by atoms with E-state index in [4.69, 9.17) is 0 Å². The highest BCUT2D eigenvalue weighted by Crippen LogP contribution is 2.32. The summed E-state index contributed by atoms with van der Waals surface area (Å²) in [7, 11) is 2.09. The van der Waals surface area contributed by atoms with Crippen LogP contribution in [-0.2, 0) is 4.79 Å². The smallest absolute Gasteiger partial charge is 0.339 e. The van der Waals surface area contributed by atoms with Gasteiger partial charge in [-0.1, -0.05) is 0 Å². The molecular weight excluding hydrogens is 296 g/mol. The first-order valence-corrected chi connectivity index (χ1v) is 7.93. The minimum absolute atomic E-state index is 0.0939. The molecule has 0 radical (unpaired) electrons. The highest BCUT2D eigenvalue weighted by atomic mass is 16.4. The lowest BCUT2D eigenvalue weighted by Gasteiger charge is -2.49. The van der Waals surface area contributed by atoms with E-state index in [9.17, 15) is 14.7 Å². The average molecular weight is 318 g/mol. The maximum absolute atomic E-state index is 11.7. The van der Waals surface area contributed by atoms with E-state index in [2.05, 4.69) is 27.1 Å². The van der Waals surface area contributed by atoms with Gasteiger partial charge < -0.3 is 15.3 Å². The number of carboxylic acids is 1. The number of piperazine rings is 1. The van der Waals surface area contributed by atoms with Gasteiger partial charge in [-0.15, -0.1) is 0 Å². The fraction of sp³-hybridized carbons (Fsp3) is 0.562. The number of carbonyl (C=O) groups is 2. The average Bonchev–Trinajstić information content (AvgIpc) is 2.73. The van der Waals surface area contributed by atoms with E-state index in [-0.39, 0.29) is 17.0 Å². The van der Waals surface area contributed by atoms with E-state index in [0.717, 1.165) is 25.9 Å². The third-order valence-corrected chi connectivity index (χ3v) is 5.05. The molecule has 2 N–H and O–H groups in total. The molecule has 7 nitrogen and oxygen atoms in total. The molecule has 3 heterocycles. The fourth-order valence-electron chi connectivity index (χ4n) is 3.59. The van der Waals surface area contributed by atoms with Gasteiger partial charge in [0.1, 0.15) is 11.4 Å². The molecule has 0 saturated carbocycles. The molecule has 1 aromatic rings. The second-order valence-electron chi connectivity index (χ2n) is 6.35. The number of amides is 1. The lowest BCUT2D eigenvalue weighted by atomic mass is 9.86. The fourth-order valence-corrected chi connectivity index (χ4v) is 3.59. The van der Waals surface area contributed by atoms with Crippen molar-refractivity contribution in [3.8, 4) is 0 Å². The molecule has 1 spiro atoms. The van der Waals surface area contributed by atoms with Gasteiger partial charge in [-0.05, 0) is 32.0 Å². The summed E-state index contributed by atoms with van der Waals surface area (Å²) in [6.45, 7) is 2.90. The Morgan fingerprint density at radius 2 is 2.22 bits per heavy atom. The van der Waals surface area contributed by atoms with E-state index >= 15 is 0 Å². The molecule has 0 bridgehead atoms. The summed E-state index contributed by atoms with van der Waals surface area (Å²) in [5, 5.41) is 12.3. The summed E-state index contributed by atoms with van der Waals surface area (Å²) < 4.78 is 0. The number of aromatic carboxylic acids is 1. The number of nitrogens with one attached hydrogen (secondary N) is 1. The molecule has 0 aromatic carbocycles. The van der Waals surface area contributed by atoms with Gasteiger partial charge in [0.05, 0.1) is 0 Å². The highest BCUT2D eigenvalue weighted by molar-refractivity contribution is 5.93. The van der Waals surface area contributed by atoms with Crippen LogP contribution >= 0.6 is 0 Å². The quantitative estimate of drug-likeness (QED) is 0.829. The number of rotatable bonds is 2. The van der Waals surface area contributed by atoms with Gasteiger partial charge in [0, 0.05) is 44.3 Å². The zero-order valence-corrected chi connectivity index (χ0v) is 13.3. The minimum atomic E-state index is -0.959. The van der Waals surface area contributed by atoms with E-state index in [1.165, 1.54) is 0 Å². The Hall–Kier alpha value is -2.15. The topological polar surface area (TPSA) is 85.8 Å². The molecule has 1 aromatic heterocycles. The standard InChI is InChI=1S/C16H22N4O3/c1-19-9-10-20(14-12(15(22)23)3-2-7-18-14)11-16(19)5-4-13(21)17-8-6-16/h2-3,7H,4-6,8-11H2,1H3,(H,17,21)(H,22,23). The van der Waals surface area contributed by atoms with Gasteiger partial charge >= 0.3 is 5.97 Å². The Kier molecular flexibility index (Phi) is 4.21. The lowest BCUT2D eigenvalue weighted by molar-refractivity contribution is -0.120. The molecule has 3 rings (SSSR count). The van der Waals surface area contributed by atoms with Crippen LogP contribution < -0.4 is 10.2 Å². The number of carboxylic acid groups (broad SMARTS) is 1. The van der Waals surface area contributed by atoms with Crippen LogP contribution in [0.1, 0.15) is 29.6 Å². The Labute approximate surface area is 135 Å². The van der Waals surface area contributed by atoms with E-state index in [1.807, 2.05) is 0 Å². The summed E-state index contributed by atoms with van der Waals surface area (Å²) >= 11 is 0. The molecule has 7 heteroatoms. The highest BCUT2D eigenvalue weighted by Gasteiger charge is 2.41. The zero-order valence-electron chi connectivity index (χ0n) is 13.3. The summed E-state index contributed by atoms with van der Waals surface area (Å²) in [6, 6.07) is 3.24. The first-order chi connectivity index (χ1) is 11.0. The van der Waals surface area contributed by atoms with Crippen molar-refractivity contribution in [1.82, 2.24) is 15.2 Å². The Bertz CT molecular complexity index is 621. The second-order valence-corrected chi connectivity index (χ2v) is 6.35. The summed E-state index contributed by atoms with van der Waals surface area (Å²) in [4.78, 5) is 31.8. The number of likely N-dealkylation sites (N-methyl/N-ethyl adjacent to an activating group) is 1. The van der Waals surface area contributed by atoms with Crippen LogP contribution in [0.3, 0.4) is 0 Å². The summed E-state index contributed by atoms with van der Waals surface area (Å²) in [5.74, 6) is -0.341. The maximum Gasteiger partial charge on any atom is 0.339 e. The van der Waals surface area contributed by atoms with Crippen molar-refractivity contribution in [1.29, 1.82) is 0 Å². The Morgan fingerprint density at radius 3 is 3.00 bits per heavy atom. The molecule has 2 fully saturated rings. The van der Waals surface area contributed by atoms with Gasteiger partial charge in [-0.2, -0.15) is 0 Å². The number of aromatic nitrogens is 1. The first kappa shape index (κ1) is 15.7. The van der Waals surface area contributed by atoms with Gasteiger partial charge in [0.15, 0.2) is 0 Å². The lowest BCUT2D eigenvalue weighted by Crippen LogP contribution is -2.61. The number of hydrogen-bond donors (Lipinski definition) is 2. The van der Waals surface area contributed by atoms with Gasteiger partial charge in [-0.3, -0.25) is 9.69 Å². The van der Waals surface area contributed by atoms with Crippen LogP contribution in [0.2, 0.25) is 0 Å². The van der Waals surface area contributed by atoms with Crippen molar-refractivity contribution in [2.45, 2.75) is 24.8 Å². The SMILES string of the molecule is CN1CCN(c2ncccc2C(=O)O)CC12CCNC(=O)CC2. The van der Waals surface area contributed by atoms with Gasteiger partial charge in [0.25, 0.3) is 0 Å². The molecular formula is C16H22N4O3. The number of pyridine rings is 1. The van der Waals surface area contributed by atoms with Crippen molar-refractivity contribution in [2.75, 3.05) is 38.1 Å². The summed E-state index contributed by atoms with van der Waals surface area (Å²) in [6.07, 6.45) is 3.78. The van der Waals surface area contributed by atoms with Crippen LogP contribution in [-0.4, -0.2) is 65.6 Å². The first-order valence-electron chi connectivity index (χ1n) is 7.93. The van der Waals surface area contributed by atoms with Crippen LogP contribution in [0.5, 0.6) is 0 Å². The third-order valence-electron chi connectivity index (χ3n) is 5.05. The molecule has 0 aliphatic carbocycles. The van der Waals surface area contributed by atoms with Crippen LogP contribution in [0.15, 0.2) is 18.3 Å². The second kappa shape index (κ2) is 6.16. The largest absolute Gasteiger partial charge is 0.478 e. The Morgan fingerprint density at radius 1 is 1.39 bits per heavy atom.